The summed E-state index contributed by atoms with van der Waals surface area (Å²) < 4.78 is 5.51. The normalized spacial score (nSPS) is 25.1. The van der Waals surface area contributed by atoms with Gasteiger partial charge in [-0.3, -0.25) is 4.90 Å². The lowest BCUT2D eigenvalue weighted by Crippen LogP contribution is -2.60. The second kappa shape index (κ2) is 19.2. The third kappa shape index (κ3) is 10.3. The highest BCUT2D eigenvalue weighted by atomic mass is 32.2. The number of aliphatic hydroxyl groups is 1. The van der Waals surface area contributed by atoms with Crippen molar-refractivity contribution in [2.75, 3.05) is 31.3 Å². The van der Waals surface area contributed by atoms with Crippen molar-refractivity contribution >= 4 is 23.0 Å². The van der Waals surface area contributed by atoms with E-state index in [0.717, 1.165) is 42.1 Å². The van der Waals surface area contributed by atoms with E-state index >= 15 is 0 Å². The number of anilines is 1. The van der Waals surface area contributed by atoms with Crippen molar-refractivity contribution in [3.8, 4) is 5.75 Å². The number of aliphatic hydroxyl groups excluding tert-OH is 1. The fourth-order valence-corrected chi connectivity index (χ4v) is 9.13. The lowest BCUT2D eigenvalue weighted by atomic mass is 9.73. The van der Waals surface area contributed by atoms with Crippen LogP contribution in [0.1, 0.15) is 128 Å². The highest BCUT2D eigenvalue weighted by Gasteiger charge is 2.47. The Balaban J connectivity index is 1.12. The third-order valence-electron chi connectivity index (χ3n) is 10.3. The van der Waals surface area contributed by atoms with Gasteiger partial charge in [0.05, 0.1) is 18.6 Å². The van der Waals surface area contributed by atoms with Gasteiger partial charge in [0.2, 0.25) is 0 Å². The SMILES string of the molecule is C=C[C@H]1CN2C(SCCCCCCCCCCCCCCCCCC)CC1C[C@H]2[C@H](O)C1=CCNc2ccc(OC)cc21. The van der Waals surface area contributed by atoms with E-state index in [-0.39, 0.29) is 6.04 Å². The van der Waals surface area contributed by atoms with Gasteiger partial charge in [0.1, 0.15) is 5.75 Å². The van der Waals surface area contributed by atoms with E-state index in [9.17, 15) is 5.11 Å². The number of rotatable bonds is 22. The van der Waals surface area contributed by atoms with Crippen molar-refractivity contribution in [1.82, 2.24) is 4.90 Å². The first kappa shape index (κ1) is 34.4. The molecule has 4 heterocycles. The maximum absolute atomic E-state index is 11.8. The molecule has 242 valence electrons. The number of hydrogen-bond donors (Lipinski definition) is 2. The zero-order valence-electron chi connectivity index (χ0n) is 27.5. The zero-order chi connectivity index (χ0) is 30.3. The molecule has 5 rings (SSSR count). The Morgan fingerprint density at radius 2 is 1.58 bits per heavy atom. The molecule has 4 aliphatic heterocycles. The quantitative estimate of drug-likeness (QED) is 0.101. The first-order chi connectivity index (χ1) is 21.2. The number of thioether (sulfide) groups is 1. The molecule has 0 aromatic heterocycles. The molecule has 0 spiro atoms. The number of unbranched alkanes of at least 4 members (excludes halogenated alkanes) is 15. The highest BCUT2D eigenvalue weighted by molar-refractivity contribution is 7.99. The molecule has 2 bridgehead atoms. The summed E-state index contributed by atoms with van der Waals surface area (Å²) in [7, 11) is 1.71. The minimum atomic E-state index is -0.486. The minimum absolute atomic E-state index is 0.168. The molecule has 0 radical (unpaired) electrons. The Morgan fingerprint density at radius 1 is 0.953 bits per heavy atom. The molecule has 4 aliphatic rings. The second-order valence-corrected chi connectivity index (χ2v) is 14.7. The monoisotopic (exact) mass is 610 g/mol. The van der Waals surface area contributed by atoms with Crippen molar-refractivity contribution in [2.24, 2.45) is 11.8 Å². The van der Waals surface area contributed by atoms with Gasteiger partial charge in [0, 0.05) is 30.4 Å². The Labute approximate surface area is 268 Å². The van der Waals surface area contributed by atoms with Crippen molar-refractivity contribution in [3.63, 3.8) is 0 Å². The molecule has 3 unspecified atom stereocenters. The van der Waals surface area contributed by atoms with Crippen LogP contribution in [0.4, 0.5) is 5.69 Å². The van der Waals surface area contributed by atoms with Crippen LogP contribution in [0.2, 0.25) is 0 Å². The van der Waals surface area contributed by atoms with E-state index < -0.39 is 6.10 Å². The van der Waals surface area contributed by atoms with Gasteiger partial charge in [-0.25, -0.2) is 0 Å². The van der Waals surface area contributed by atoms with E-state index in [1.54, 1.807) is 7.11 Å². The Bertz CT molecular complexity index is 981. The zero-order valence-corrected chi connectivity index (χ0v) is 28.4. The van der Waals surface area contributed by atoms with Crippen molar-refractivity contribution in [1.29, 1.82) is 0 Å². The molecule has 1 aromatic carbocycles. The molecule has 0 saturated carbocycles. The number of hydrogen-bond acceptors (Lipinski definition) is 5. The molecule has 3 fully saturated rings. The summed E-state index contributed by atoms with van der Waals surface area (Å²) in [5, 5.41) is 15.8. The standard InChI is InChI=1S/C38H62N2O2S/c1-4-6-7-8-9-10-11-12-13-14-15-16-17-18-19-20-25-43-37-27-31-26-36(40(37)29-30(31)5-2)38(41)33-23-24-39-35-22-21-32(42-3)28-34(33)35/h5,21-23,28,30-31,36-39,41H,2,4,6-20,24-27,29H2,1,3H3/t30-,31?,36-,37?,38+/m0/s1. The Hall–Kier alpha value is -1.43. The van der Waals surface area contributed by atoms with Crippen LogP contribution >= 0.6 is 11.8 Å². The first-order valence-corrected chi connectivity index (χ1v) is 19.0. The largest absolute Gasteiger partial charge is 0.497 e. The van der Waals surface area contributed by atoms with E-state index in [4.69, 9.17) is 4.74 Å². The molecule has 1 aromatic rings. The lowest BCUT2D eigenvalue weighted by molar-refractivity contribution is -0.0364. The Kier molecular flexibility index (Phi) is 15.4. The number of nitrogens with zero attached hydrogens (tertiary/aromatic N) is 1. The predicted molar refractivity (Wildman–Crippen MR) is 188 cm³/mol. The lowest BCUT2D eigenvalue weighted by Gasteiger charge is -2.55. The second-order valence-electron chi connectivity index (χ2n) is 13.4. The molecular formula is C38H62N2O2S. The molecule has 0 aliphatic carbocycles. The predicted octanol–water partition coefficient (Wildman–Crippen LogP) is 10.1. The maximum Gasteiger partial charge on any atom is 0.119 e. The maximum atomic E-state index is 11.8. The van der Waals surface area contributed by atoms with Gasteiger partial charge in [0.25, 0.3) is 0 Å². The highest BCUT2D eigenvalue weighted by Crippen LogP contribution is 2.47. The van der Waals surface area contributed by atoms with Gasteiger partial charge in [-0.05, 0) is 60.6 Å². The fraction of sp³-hybridized carbons (Fsp3) is 0.737. The van der Waals surface area contributed by atoms with Crippen LogP contribution in [0.5, 0.6) is 5.75 Å². The van der Waals surface area contributed by atoms with Gasteiger partial charge in [-0.2, -0.15) is 0 Å². The van der Waals surface area contributed by atoms with Gasteiger partial charge in [-0.15, -0.1) is 18.3 Å². The molecular weight excluding hydrogens is 548 g/mol. The van der Waals surface area contributed by atoms with Gasteiger partial charge in [0.15, 0.2) is 0 Å². The van der Waals surface area contributed by atoms with Crippen LogP contribution in [0.3, 0.4) is 0 Å². The van der Waals surface area contributed by atoms with E-state index in [1.807, 2.05) is 6.07 Å². The number of benzene rings is 1. The molecule has 0 amide bonds. The fourth-order valence-electron chi connectivity index (χ4n) is 7.67. The topological polar surface area (TPSA) is 44.7 Å². The molecule has 43 heavy (non-hydrogen) atoms. The average Bonchev–Trinajstić information content (AvgIpc) is 3.05. The number of nitrogens with one attached hydrogen (secondary N) is 1. The third-order valence-corrected chi connectivity index (χ3v) is 11.7. The number of methoxy groups -OCH3 is 1. The number of fused-ring (bicyclic) bond motifs is 4. The van der Waals surface area contributed by atoms with Gasteiger partial charge >= 0.3 is 0 Å². The van der Waals surface area contributed by atoms with Crippen LogP contribution in [0, 0.1) is 11.8 Å². The van der Waals surface area contributed by atoms with Crippen molar-refractivity contribution in [2.45, 2.75) is 140 Å². The van der Waals surface area contributed by atoms with E-state index in [2.05, 4.69) is 59.8 Å². The first-order valence-electron chi connectivity index (χ1n) is 18.0. The summed E-state index contributed by atoms with van der Waals surface area (Å²) in [6.07, 6.45) is 28.8. The summed E-state index contributed by atoms with van der Waals surface area (Å²) >= 11 is 2.15. The summed E-state index contributed by atoms with van der Waals surface area (Å²) in [5.74, 6) is 3.24. The number of ether oxygens (including phenoxy) is 1. The van der Waals surface area contributed by atoms with Crippen LogP contribution in [0.25, 0.3) is 5.57 Å². The smallest absolute Gasteiger partial charge is 0.119 e. The average molecular weight is 611 g/mol. The van der Waals surface area contributed by atoms with Crippen LogP contribution in [0.15, 0.2) is 36.9 Å². The minimum Gasteiger partial charge on any atom is -0.497 e. The van der Waals surface area contributed by atoms with Crippen molar-refractivity contribution in [3.05, 3.63) is 42.5 Å². The van der Waals surface area contributed by atoms with Crippen LogP contribution in [-0.4, -0.2) is 53.5 Å². The summed E-state index contributed by atoms with van der Waals surface area (Å²) in [5.41, 5.74) is 3.23. The van der Waals surface area contributed by atoms with Gasteiger partial charge in [-0.1, -0.05) is 115 Å². The Morgan fingerprint density at radius 3 is 2.16 bits per heavy atom. The van der Waals surface area contributed by atoms with Crippen LogP contribution < -0.4 is 10.1 Å². The van der Waals surface area contributed by atoms with E-state index in [1.165, 1.54) is 115 Å². The van der Waals surface area contributed by atoms with E-state index in [0.29, 0.717) is 17.2 Å². The molecule has 6 atom stereocenters. The summed E-state index contributed by atoms with van der Waals surface area (Å²) in [4.78, 5) is 2.64. The molecule has 5 heteroatoms. The molecule has 3 saturated heterocycles. The molecule has 4 nitrogen and oxygen atoms in total. The summed E-state index contributed by atoms with van der Waals surface area (Å²) in [6.45, 7) is 8.24. The molecule has 2 N–H and O–H groups in total. The van der Waals surface area contributed by atoms with Gasteiger partial charge < -0.3 is 15.2 Å². The van der Waals surface area contributed by atoms with Crippen molar-refractivity contribution < 1.29 is 9.84 Å². The number of piperidine rings is 3. The summed E-state index contributed by atoms with van der Waals surface area (Å²) in [6, 6.07) is 6.31. The van der Waals surface area contributed by atoms with Crippen LogP contribution in [-0.2, 0) is 0 Å².